The predicted molar refractivity (Wildman–Crippen MR) is 88.4 cm³/mol. The molecule has 0 aliphatic heterocycles. The fourth-order valence-corrected chi connectivity index (χ4v) is 2.17. The zero-order valence-electron chi connectivity index (χ0n) is 12.8. The molecule has 0 aromatic heterocycles. The van der Waals surface area contributed by atoms with Crippen LogP contribution in [-0.2, 0) is 6.61 Å². The van der Waals surface area contributed by atoms with Crippen molar-refractivity contribution in [2.45, 2.75) is 6.61 Å². The lowest BCUT2D eigenvalue weighted by Gasteiger charge is -2.09. The lowest BCUT2D eigenvalue weighted by atomic mass is 10.2. The molecular weight excluding hydrogens is 305 g/mol. The van der Waals surface area contributed by atoms with E-state index in [-0.39, 0.29) is 11.3 Å². The Morgan fingerprint density at radius 1 is 0.833 bits per heavy atom. The number of rotatable bonds is 5. The van der Waals surface area contributed by atoms with Gasteiger partial charge in [-0.15, -0.1) is 0 Å². The van der Waals surface area contributed by atoms with Crippen LogP contribution in [0.25, 0.3) is 0 Å². The number of benzene rings is 3. The maximum Gasteiger partial charge on any atom is 0.131 e. The van der Waals surface area contributed by atoms with E-state index in [2.05, 4.69) is 0 Å². The van der Waals surface area contributed by atoms with Gasteiger partial charge in [0.15, 0.2) is 0 Å². The van der Waals surface area contributed by atoms with Gasteiger partial charge in [-0.1, -0.05) is 30.3 Å². The van der Waals surface area contributed by atoms with E-state index in [9.17, 15) is 4.39 Å². The molecule has 3 nitrogen and oxygen atoms in total. The lowest BCUT2D eigenvalue weighted by molar-refractivity contribution is 0.306. The van der Waals surface area contributed by atoms with Crippen LogP contribution >= 0.6 is 0 Å². The summed E-state index contributed by atoms with van der Waals surface area (Å²) < 4.78 is 24.7. The number of hydrogen-bond acceptors (Lipinski definition) is 3. The van der Waals surface area contributed by atoms with E-state index in [0.29, 0.717) is 18.1 Å². The Bertz CT molecular complexity index is 855. The van der Waals surface area contributed by atoms with Gasteiger partial charge >= 0.3 is 0 Å². The molecule has 0 fully saturated rings. The average Bonchev–Trinajstić information content (AvgIpc) is 2.61. The maximum absolute atomic E-state index is 13.4. The molecule has 0 bridgehead atoms. The Morgan fingerprint density at radius 2 is 1.54 bits per heavy atom. The highest BCUT2D eigenvalue weighted by Crippen LogP contribution is 2.25. The quantitative estimate of drug-likeness (QED) is 0.659. The Balaban J connectivity index is 1.64. The van der Waals surface area contributed by atoms with Crippen molar-refractivity contribution in [3.05, 3.63) is 89.7 Å². The third kappa shape index (κ3) is 4.11. The van der Waals surface area contributed by atoms with Crippen LogP contribution in [0.15, 0.2) is 72.8 Å². The summed E-state index contributed by atoms with van der Waals surface area (Å²) in [6, 6.07) is 22.7. The van der Waals surface area contributed by atoms with Crippen molar-refractivity contribution in [3.63, 3.8) is 0 Å². The summed E-state index contributed by atoms with van der Waals surface area (Å²) >= 11 is 0. The minimum atomic E-state index is -0.508. The van der Waals surface area contributed by atoms with Crippen molar-refractivity contribution in [1.82, 2.24) is 0 Å². The Labute approximate surface area is 139 Å². The number of halogens is 1. The summed E-state index contributed by atoms with van der Waals surface area (Å²) in [5.74, 6) is 1.02. The van der Waals surface area contributed by atoms with E-state index >= 15 is 0 Å². The fraction of sp³-hybridized carbons (Fsp3) is 0.0500. The molecule has 0 N–H and O–H groups in total. The Hall–Kier alpha value is -3.32. The van der Waals surface area contributed by atoms with Gasteiger partial charge in [0.25, 0.3) is 0 Å². The van der Waals surface area contributed by atoms with Gasteiger partial charge < -0.3 is 9.47 Å². The van der Waals surface area contributed by atoms with Gasteiger partial charge in [-0.2, -0.15) is 5.26 Å². The van der Waals surface area contributed by atoms with Crippen LogP contribution in [0.5, 0.6) is 17.2 Å². The molecule has 0 aliphatic carbocycles. The molecule has 4 heteroatoms. The van der Waals surface area contributed by atoms with Crippen LogP contribution < -0.4 is 9.47 Å². The van der Waals surface area contributed by atoms with E-state index in [1.807, 2.05) is 36.4 Å². The fourth-order valence-electron chi connectivity index (χ4n) is 2.17. The van der Waals surface area contributed by atoms with Crippen molar-refractivity contribution < 1.29 is 13.9 Å². The number of ether oxygens (including phenoxy) is 2. The van der Waals surface area contributed by atoms with Crippen molar-refractivity contribution in [2.24, 2.45) is 0 Å². The number of nitrogens with zero attached hydrogens (tertiary/aromatic N) is 1. The largest absolute Gasteiger partial charge is 0.489 e. The van der Waals surface area contributed by atoms with Crippen LogP contribution in [-0.4, -0.2) is 0 Å². The first-order valence-electron chi connectivity index (χ1n) is 7.38. The topological polar surface area (TPSA) is 42.2 Å². The van der Waals surface area contributed by atoms with Crippen molar-refractivity contribution in [3.8, 4) is 23.3 Å². The van der Waals surface area contributed by atoms with E-state index in [4.69, 9.17) is 14.7 Å². The van der Waals surface area contributed by atoms with E-state index in [1.165, 1.54) is 12.1 Å². The summed E-state index contributed by atoms with van der Waals surface area (Å²) in [6.07, 6.45) is 0. The molecule has 0 saturated heterocycles. The molecule has 0 atom stereocenters. The summed E-state index contributed by atoms with van der Waals surface area (Å²) in [7, 11) is 0. The first kappa shape index (κ1) is 15.6. The number of nitriles is 1. The molecule has 0 unspecified atom stereocenters. The van der Waals surface area contributed by atoms with E-state index in [0.717, 1.165) is 11.6 Å². The second-order valence-corrected chi connectivity index (χ2v) is 5.14. The molecule has 3 aromatic rings. The highest BCUT2D eigenvalue weighted by molar-refractivity contribution is 5.40. The molecule has 0 saturated carbocycles. The monoisotopic (exact) mass is 319 g/mol. The first-order valence-corrected chi connectivity index (χ1v) is 7.38. The normalized spacial score (nSPS) is 10.0. The van der Waals surface area contributed by atoms with Crippen molar-refractivity contribution in [1.29, 1.82) is 5.26 Å². The zero-order chi connectivity index (χ0) is 16.8. The van der Waals surface area contributed by atoms with Gasteiger partial charge in [0.1, 0.15) is 29.7 Å². The summed E-state index contributed by atoms with van der Waals surface area (Å²) in [6.45, 7) is 0.483. The van der Waals surface area contributed by atoms with Crippen LogP contribution in [0, 0.1) is 17.1 Å². The predicted octanol–water partition coefficient (Wildman–Crippen LogP) is 5.07. The molecule has 0 amide bonds. The molecule has 3 aromatic carbocycles. The Kier molecular flexibility index (Phi) is 4.73. The van der Waals surface area contributed by atoms with Gasteiger partial charge in [-0.25, -0.2) is 4.39 Å². The molecule has 3 rings (SSSR count). The third-order valence-corrected chi connectivity index (χ3v) is 3.31. The van der Waals surface area contributed by atoms with Crippen LogP contribution in [0.3, 0.4) is 0 Å². The van der Waals surface area contributed by atoms with Crippen LogP contribution in [0.1, 0.15) is 11.1 Å². The average molecular weight is 319 g/mol. The summed E-state index contributed by atoms with van der Waals surface area (Å²) in [5, 5.41) is 8.85. The minimum absolute atomic E-state index is 0.216. The second-order valence-electron chi connectivity index (χ2n) is 5.14. The van der Waals surface area contributed by atoms with Crippen molar-refractivity contribution in [2.75, 3.05) is 0 Å². The minimum Gasteiger partial charge on any atom is -0.489 e. The smallest absolute Gasteiger partial charge is 0.131 e. The second kappa shape index (κ2) is 7.30. The SMILES string of the molecule is N#Cc1cc(F)cc(Oc2ccc(OCc3ccccc3)cc2)c1. The molecule has 118 valence electrons. The van der Waals surface area contributed by atoms with Gasteiger partial charge in [0, 0.05) is 6.07 Å². The summed E-state index contributed by atoms with van der Waals surface area (Å²) in [4.78, 5) is 0. The molecular formula is C20H14FNO2. The summed E-state index contributed by atoms with van der Waals surface area (Å²) in [5.41, 5.74) is 1.30. The highest BCUT2D eigenvalue weighted by Gasteiger charge is 2.04. The Morgan fingerprint density at radius 3 is 2.25 bits per heavy atom. The van der Waals surface area contributed by atoms with Crippen molar-refractivity contribution >= 4 is 0 Å². The molecule has 0 heterocycles. The van der Waals surface area contributed by atoms with Gasteiger partial charge in [-0.05, 0) is 42.0 Å². The highest BCUT2D eigenvalue weighted by atomic mass is 19.1. The standard InChI is InChI=1S/C20H14FNO2/c21-17-10-16(13-22)11-20(12-17)24-19-8-6-18(7-9-19)23-14-15-4-2-1-3-5-15/h1-12H,14H2. The maximum atomic E-state index is 13.4. The lowest BCUT2D eigenvalue weighted by Crippen LogP contribution is -1.94. The first-order chi connectivity index (χ1) is 11.7. The molecule has 0 spiro atoms. The van der Waals surface area contributed by atoms with E-state index < -0.39 is 5.82 Å². The van der Waals surface area contributed by atoms with Crippen LogP contribution in [0.4, 0.5) is 4.39 Å². The van der Waals surface area contributed by atoms with Gasteiger partial charge in [-0.3, -0.25) is 0 Å². The zero-order valence-corrected chi connectivity index (χ0v) is 12.8. The molecule has 0 radical (unpaired) electrons. The van der Waals surface area contributed by atoms with Gasteiger partial charge in [0.05, 0.1) is 11.6 Å². The van der Waals surface area contributed by atoms with Crippen LogP contribution in [0.2, 0.25) is 0 Å². The molecule has 24 heavy (non-hydrogen) atoms. The number of hydrogen-bond donors (Lipinski definition) is 0. The van der Waals surface area contributed by atoms with E-state index in [1.54, 1.807) is 24.3 Å². The third-order valence-electron chi connectivity index (χ3n) is 3.31. The molecule has 0 aliphatic rings. The van der Waals surface area contributed by atoms with Gasteiger partial charge in [0.2, 0.25) is 0 Å².